The van der Waals surface area contributed by atoms with Gasteiger partial charge in [0.15, 0.2) is 5.82 Å². The summed E-state index contributed by atoms with van der Waals surface area (Å²) in [6, 6.07) is 22.6. The number of amides is 1. The topological polar surface area (TPSA) is 49.3 Å². The first-order valence-corrected chi connectivity index (χ1v) is 11.2. The number of hydrogen-bond acceptors (Lipinski definition) is 4. The normalized spacial score (nSPS) is 16.3. The molecule has 0 saturated carbocycles. The lowest BCUT2D eigenvalue weighted by atomic mass is 10.0. The van der Waals surface area contributed by atoms with Crippen molar-refractivity contribution in [2.75, 3.05) is 24.5 Å². The third-order valence-corrected chi connectivity index (χ3v) is 6.32. The molecule has 4 aromatic rings. The summed E-state index contributed by atoms with van der Waals surface area (Å²) in [4.78, 5) is 17.0. The predicted octanol–water partition coefficient (Wildman–Crippen LogP) is 5.10. The van der Waals surface area contributed by atoms with E-state index in [2.05, 4.69) is 22.0 Å². The van der Waals surface area contributed by atoms with Crippen molar-refractivity contribution in [2.24, 2.45) is 0 Å². The first-order valence-electron chi connectivity index (χ1n) is 11.2. The fraction of sp³-hybridized carbons (Fsp3) is 0.222. The highest BCUT2D eigenvalue weighted by atomic mass is 19.1. The van der Waals surface area contributed by atoms with E-state index < -0.39 is 0 Å². The van der Waals surface area contributed by atoms with E-state index in [0.29, 0.717) is 42.0 Å². The van der Waals surface area contributed by atoms with Crippen LogP contribution in [-0.2, 0) is 0 Å². The van der Waals surface area contributed by atoms with Crippen LogP contribution in [-0.4, -0.2) is 46.7 Å². The molecule has 0 radical (unpaired) electrons. The Morgan fingerprint density at radius 3 is 2.39 bits per heavy atom. The summed E-state index contributed by atoms with van der Waals surface area (Å²) in [6.07, 6.45) is 0. The van der Waals surface area contributed by atoms with Crippen LogP contribution in [0.1, 0.15) is 22.8 Å². The molecule has 166 valence electrons. The minimum atomic E-state index is -0.254. The van der Waals surface area contributed by atoms with E-state index in [4.69, 9.17) is 0 Å². The van der Waals surface area contributed by atoms with Gasteiger partial charge < -0.3 is 9.80 Å². The van der Waals surface area contributed by atoms with Crippen molar-refractivity contribution in [3.63, 3.8) is 0 Å². The number of rotatable bonds is 3. The molecular weight excluding hydrogens is 415 g/mol. The molecule has 1 aromatic heterocycles. The molecule has 0 aliphatic carbocycles. The third kappa shape index (κ3) is 3.93. The van der Waals surface area contributed by atoms with Crippen LogP contribution in [0.25, 0.3) is 22.0 Å². The van der Waals surface area contributed by atoms with Crippen LogP contribution in [0.5, 0.6) is 0 Å². The van der Waals surface area contributed by atoms with E-state index in [0.717, 1.165) is 16.6 Å². The molecule has 0 spiro atoms. The van der Waals surface area contributed by atoms with Crippen LogP contribution in [0, 0.1) is 12.7 Å². The van der Waals surface area contributed by atoms with Crippen molar-refractivity contribution in [3.05, 3.63) is 89.7 Å². The van der Waals surface area contributed by atoms with Crippen molar-refractivity contribution in [2.45, 2.75) is 19.9 Å². The molecule has 5 rings (SSSR count). The first-order chi connectivity index (χ1) is 16.0. The van der Waals surface area contributed by atoms with Gasteiger partial charge in [0.25, 0.3) is 5.91 Å². The van der Waals surface area contributed by atoms with Crippen molar-refractivity contribution in [1.82, 2.24) is 15.1 Å². The lowest BCUT2D eigenvalue weighted by Gasteiger charge is -2.40. The van der Waals surface area contributed by atoms with Crippen LogP contribution >= 0.6 is 0 Å². The van der Waals surface area contributed by atoms with E-state index in [1.165, 1.54) is 6.07 Å². The van der Waals surface area contributed by atoms with Crippen LogP contribution in [0.15, 0.2) is 72.8 Å². The standard InChI is InChI=1S/C27H25FN4O/c1-18-12-13-21(16-24(18)28)25-22-10-6-7-11-23(22)26(30-29-25)32-15-14-31(17-19(32)2)27(33)20-8-4-3-5-9-20/h3-13,16,19H,14-15,17H2,1-2H3/t19-/m1/s1. The van der Waals surface area contributed by atoms with Crippen LogP contribution in [0.2, 0.25) is 0 Å². The van der Waals surface area contributed by atoms with E-state index in [1.807, 2.05) is 65.6 Å². The number of piperazine rings is 1. The summed E-state index contributed by atoms with van der Waals surface area (Å²) in [5, 5.41) is 11.0. The number of carbonyl (C=O) groups is 1. The SMILES string of the molecule is Cc1ccc(-c2nnc(N3CCN(C(=O)c4ccccc4)C[C@H]3C)c3ccccc23)cc1F. The van der Waals surface area contributed by atoms with Crippen LogP contribution in [0.4, 0.5) is 10.2 Å². The maximum atomic E-state index is 14.2. The summed E-state index contributed by atoms with van der Waals surface area (Å²) < 4.78 is 14.2. The third-order valence-electron chi connectivity index (χ3n) is 6.32. The van der Waals surface area contributed by atoms with Gasteiger partial charge in [0, 0.05) is 47.6 Å². The quantitative estimate of drug-likeness (QED) is 0.445. The number of anilines is 1. The lowest BCUT2D eigenvalue weighted by molar-refractivity contribution is 0.0726. The number of aryl methyl sites for hydroxylation is 1. The Labute approximate surface area is 192 Å². The minimum Gasteiger partial charge on any atom is -0.348 e. The fourth-order valence-electron chi connectivity index (χ4n) is 4.48. The van der Waals surface area contributed by atoms with Gasteiger partial charge in [-0.15, -0.1) is 10.2 Å². The Bertz CT molecular complexity index is 1320. The number of carbonyl (C=O) groups excluding carboxylic acids is 1. The molecule has 1 aliphatic rings. The Morgan fingerprint density at radius 1 is 0.939 bits per heavy atom. The molecule has 1 amide bonds. The zero-order valence-electron chi connectivity index (χ0n) is 18.7. The molecule has 0 bridgehead atoms. The molecule has 1 atom stereocenters. The molecule has 5 nitrogen and oxygen atoms in total. The van der Waals surface area contributed by atoms with Crippen molar-refractivity contribution >= 4 is 22.5 Å². The predicted molar refractivity (Wildman–Crippen MR) is 129 cm³/mol. The van der Waals surface area contributed by atoms with Crippen molar-refractivity contribution < 1.29 is 9.18 Å². The highest BCUT2D eigenvalue weighted by Crippen LogP contribution is 2.33. The molecule has 3 aromatic carbocycles. The summed E-state index contributed by atoms with van der Waals surface area (Å²) >= 11 is 0. The largest absolute Gasteiger partial charge is 0.348 e. The molecule has 0 N–H and O–H groups in total. The smallest absolute Gasteiger partial charge is 0.253 e. The lowest BCUT2D eigenvalue weighted by Crippen LogP contribution is -2.54. The van der Waals surface area contributed by atoms with Gasteiger partial charge in [0.1, 0.15) is 11.5 Å². The molecule has 2 heterocycles. The molecule has 1 fully saturated rings. The van der Waals surface area contributed by atoms with Crippen LogP contribution in [0.3, 0.4) is 0 Å². The Balaban J connectivity index is 1.46. The van der Waals surface area contributed by atoms with Gasteiger partial charge in [-0.25, -0.2) is 4.39 Å². The van der Waals surface area contributed by atoms with Gasteiger partial charge in [0.05, 0.1) is 0 Å². The van der Waals surface area contributed by atoms with Crippen molar-refractivity contribution in [1.29, 1.82) is 0 Å². The zero-order chi connectivity index (χ0) is 22.9. The molecule has 0 unspecified atom stereocenters. The Hall–Kier alpha value is -3.80. The summed E-state index contributed by atoms with van der Waals surface area (Å²) in [5.41, 5.74) is 2.68. The second kappa shape index (κ2) is 8.62. The average Bonchev–Trinajstić information content (AvgIpc) is 2.85. The summed E-state index contributed by atoms with van der Waals surface area (Å²) in [6.45, 7) is 5.73. The van der Waals surface area contributed by atoms with Gasteiger partial charge in [-0.1, -0.05) is 54.6 Å². The van der Waals surface area contributed by atoms with Gasteiger partial charge in [0.2, 0.25) is 0 Å². The van der Waals surface area contributed by atoms with Gasteiger partial charge in [-0.3, -0.25) is 4.79 Å². The molecule has 6 heteroatoms. The van der Waals surface area contributed by atoms with E-state index in [9.17, 15) is 9.18 Å². The maximum absolute atomic E-state index is 14.2. The minimum absolute atomic E-state index is 0.0507. The maximum Gasteiger partial charge on any atom is 0.253 e. The summed E-state index contributed by atoms with van der Waals surface area (Å²) in [7, 11) is 0. The molecule has 1 aliphatic heterocycles. The number of halogens is 1. The fourth-order valence-corrected chi connectivity index (χ4v) is 4.48. The number of benzene rings is 3. The van der Waals surface area contributed by atoms with Gasteiger partial charge in [-0.2, -0.15) is 0 Å². The second-order valence-corrected chi connectivity index (χ2v) is 8.54. The Morgan fingerprint density at radius 2 is 1.67 bits per heavy atom. The van der Waals surface area contributed by atoms with E-state index in [1.54, 1.807) is 13.0 Å². The van der Waals surface area contributed by atoms with Crippen LogP contribution < -0.4 is 4.90 Å². The highest BCUT2D eigenvalue weighted by molar-refractivity contribution is 6.00. The van der Waals surface area contributed by atoms with Gasteiger partial charge >= 0.3 is 0 Å². The average molecular weight is 441 g/mol. The zero-order valence-corrected chi connectivity index (χ0v) is 18.7. The van der Waals surface area contributed by atoms with Crippen molar-refractivity contribution in [3.8, 4) is 11.3 Å². The van der Waals surface area contributed by atoms with E-state index in [-0.39, 0.29) is 17.8 Å². The summed E-state index contributed by atoms with van der Waals surface area (Å²) in [5.74, 6) is 0.589. The number of nitrogens with zero attached hydrogens (tertiary/aromatic N) is 4. The second-order valence-electron chi connectivity index (χ2n) is 8.54. The number of fused-ring (bicyclic) bond motifs is 1. The number of aromatic nitrogens is 2. The first kappa shape index (κ1) is 21.1. The van der Waals surface area contributed by atoms with Gasteiger partial charge in [-0.05, 0) is 37.6 Å². The van der Waals surface area contributed by atoms with E-state index >= 15 is 0 Å². The monoisotopic (exact) mass is 440 g/mol. The molecule has 1 saturated heterocycles. The number of hydrogen-bond donors (Lipinski definition) is 0. The molecule has 33 heavy (non-hydrogen) atoms. The Kier molecular flexibility index (Phi) is 5.50. The molecular formula is C27H25FN4O. The highest BCUT2D eigenvalue weighted by Gasteiger charge is 2.29.